The molecule has 4 heteroatoms. The summed E-state index contributed by atoms with van der Waals surface area (Å²) in [6, 6.07) is 6.42. The van der Waals surface area contributed by atoms with Crippen LogP contribution < -0.4 is 4.74 Å². The first kappa shape index (κ1) is 20.1. The Morgan fingerprint density at radius 2 is 1.64 bits per heavy atom. The van der Waals surface area contributed by atoms with Gasteiger partial charge in [-0.3, -0.25) is 0 Å². The van der Waals surface area contributed by atoms with Crippen molar-refractivity contribution in [2.75, 3.05) is 0 Å². The van der Waals surface area contributed by atoms with E-state index in [0.717, 1.165) is 11.5 Å². The van der Waals surface area contributed by atoms with Gasteiger partial charge >= 0.3 is 6.36 Å². The molecule has 1 aliphatic rings. The molecule has 1 saturated carbocycles. The molecule has 1 atom stereocenters. The van der Waals surface area contributed by atoms with Crippen molar-refractivity contribution in [3.05, 3.63) is 29.8 Å². The molecule has 0 heterocycles. The van der Waals surface area contributed by atoms with Crippen LogP contribution >= 0.6 is 0 Å². The molecular formula is C21H31F3O. The molecule has 0 spiro atoms. The number of alkyl halides is 3. The molecule has 1 nitrogen and oxygen atoms in total. The number of unbranched alkanes of at least 4 members (excludes halogenated alkanes) is 3. The number of hydrogen-bond acceptors (Lipinski definition) is 1. The van der Waals surface area contributed by atoms with Gasteiger partial charge in [-0.1, -0.05) is 70.9 Å². The summed E-state index contributed by atoms with van der Waals surface area (Å²) in [6.07, 6.45) is 7.18. The molecule has 0 amide bonds. The van der Waals surface area contributed by atoms with Crippen LogP contribution in [0.5, 0.6) is 5.75 Å². The normalized spacial score (nSPS) is 22.6. The van der Waals surface area contributed by atoms with Crippen molar-refractivity contribution in [2.45, 2.75) is 83.9 Å². The first-order valence-electron chi connectivity index (χ1n) is 9.74. The summed E-state index contributed by atoms with van der Waals surface area (Å²) in [6.45, 7) is 4.44. The van der Waals surface area contributed by atoms with Crippen LogP contribution in [0.1, 0.15) is 83.1 Å². The standard InChI is InChI=1S/C21H31F3O/c1-3-4-5-6-7-17-8-10-18(11-9-17)16(2)19-12-14-20(15-13-19)25-21(22,23)24/h12-18H,3-11H2,1-2H3. The Morgan fingerprint density at radius 3 is 2.20 bits per heavy atom. The van der Waals surface area contributed by atoms with Crippen LogP contribution in [-0.2, 0) is 0 Å². The highest BCUT2D eigenvalue weighted by molar-refractivity contribution is 5.29. The molecule has 1 aromatic rings. The van der Waals surface area contributed by atoms with Crippen LogP contribution in [0.25, 0.3) is 0 Å². The maximum Gasteiger partial charge on any atom is 0.573 e. The number of halogens is 3. The van der Waals surface area contributed by atoms with Crippen LogP contribution in [0.4, 0.5) is 13.2 Å². The predicted molar refractivity (Wildman–Crippen MR) is 95.7 cm³/mol. The highest BCUT2D eigenvalue weighted by atomic mass is 19.4. The predicted octanol–water partition coefficient (Wildman–Crippen LogP) is 7.47. The fourth-order valence-electron chi connectivity index (χ4n) is 4.08. The highest BCUT2D eigenvalue weighted by Crippen LogP contribution is 2.40. The Kier molecular flexibility index (Phi) is 7.64. The minimum atomic E-state index is -4.62. The summed E-state index contributed by atoms with van der Waals surface area (Å²) in [5, 5.41) is 0. The van der Waals surface area contributed by atoms with Gasteiger partial charge in [0.15, 0.2) is 0 Å². The number of hydrogen-bond donors (Lipinski definition) is 0. The van der Waals surface area contributed by atoms with Crippen LogP contribution in [0, 0.1) is 11.8 Å². The van der Waals surface area contributed by atoms with Crippen LogP contribution in [0.15, 0.2) is 24.3 Å². The van der Waals surface area contributed by atoms with E-state index < -0.39 is 6.36 Å². The van der Waals surface area contributed by atoms with E-state index >= 15 is 0 Å². The SMILES string of the molecule is CCCCCCC1CCC(C(C)c2ccc(OC(F)(F)F)cc2)CC1. The molecule has 0 bridgehead atoms. The largest absolute Gasteiger partial charge is 0.573 e. The Hall–Kier alpha value is -1.19. The molecule has 1 unspecified atom stereocenters. The molecule has 0 N–H and O–H groups in total. The summed E-state index contributed by atoms with van der Waals surface area (Å²) in [7, 11) is 0. The van der Waals surface area contributed by atoms with E-state index in [0.29, 0.717) is 11.8 Å². The van der Waals surface area contributed by atoms with E-state index in [4.69, 9.17) is 0 Å². The number of ether oxygens (including phenoxy) is 1. The van der Waals surface area contributed by atoms with Gasteiger partial charge in [0.1, 0.15) is 5.75 Å². The average Bonchev–Trinajstić information content (AvgIpc) is 2.58. The molecule has 1 aliphatic carbocycles. The van der Waals surface area contributed by atoms with Crippen molar-refractivity contribution in [3.8, 4) is 5.75 Å². The molecule has 0 saturated heterocycles. The van der Waals surface area contributed by atoms with Gasteiger partial charge in [-0.15, -0.1) is 13.2 Å². The summed E-state index contributed by atoms with van der Waals surface area (Å²) < 4.78 is 40.7. The molecule has 142 valence electrons. The van der Waals surface area contributed by atoms with Crippen molar-refractivity contribution in [2.24, 2.45) is 11.8 Å². The van der Waals surface area contributed by atoms with Crippen LogP contribution in [-0.4, -0.2) is 6.36 Å². The zero-order valence-electron chi connectivity index (χ0n) is 15.4. The maximum absolute atomic E-state index is 12.2. The molecule has 1 aromatic carbocycles. The Bertz CT molecular complexity index is 487. The fourth-order valence-corrected chi connectivity index (χ4v) is 4.08. The minimum Gasteiger partial charge on any atom is -0.406 e. The third kappa shape index (κ3) is 6.91. The summed E-state index contributed by atoms with van der Waals surface area (Å²) >= 11 is 0. The third-order valence-electron chi connectivity index (χ3n) is 5.70. The van der Waals surface area contributed by atoms with Crippen molar-refractivity contribution in [3.63, 3.8) is 0 Å². The van der Waals surface area contributed by atoms with E-state index in [2.05, 4.69) is 18.6 Å². The van der Waals surface area contributed by atoms with E-state index in [-0.39, 0.29) is 5.75 Å². The van der Waals surface area contributed by atoms with Gasteiger partial charge in [0.05, 0.1) is 0 Å². The van der Waals surface area contributed by atoms with E-state index in [9.17, 15) is 13.2 Å². The second kappa shape index (κ2) is 9.49. The van der Waals surface area contributed by atoms with Crippen molar-refractivity contribution in [1.29, 1.82) is 0 Å². The second-order valence-corrected chi connectivity index (χ2v) is 7.54. The quantitative estimate of drug-likeness (QED) is 0.439. The minimum absolute atomic E-state index is 0.140. The topological polar surface area (TPSA) is 9.23 Å². The Balaban J connectivity index is 1.79. The summed E-state index contributed by atoms with van der Waals surface area (Å²) in [4.78, 5) is 0. The molecule has 0 aromatic heterocycles. The van der Waals surface area contributed by atoms with E-state index in [1.165, 1.54) is 69.9 Å². The molecule has 2 rings (SSSR count). The van der Waals surface area contributed by atoms with Crippen molar-refractivity contribution >= 4 is 0 Å². The lowest BCUT2D eigenvalue weighted by atomic mass is 9.73. The van der Waals surface area contributed by atoms with Crippen molar-refractivity contribution < 1.29 is 17.9 Å². The zero-order valence-corrected chi connectivity index (χ0v) is 15.4. The van der Waals surface area contributed by atoms with Crippen LogP contribution in [0.2, 0.25) is 0 Å². The smallest absolute Gasteiger partial charge is 0.406 e. The van der Waals surface area contributed by atoms with Gasteiger partial charge < -0.3 is 4.74 Å². The lowest BCUT2D eigenvalue weighted by Gasteiger charge is -2.32. The number of benzene rings is 1. The first-order valence-corrected chi connectivity index (χ1v) is 9.74. The van der Waals surface area contributed by atoms with E-state index in [1.807, 2.05) is 0 Å². The third-order valence-corrected chi connectivity index (χ3v) is 5.70. The second-order valence-electron chi connectivity index (χ2n) is 7.54. The number of rotatable bonds is 8. The van der Waals surface area contributed by atoms with Gasteiger partial charge in [-0.05, 0) is 48.3 Å². The Morgan fingerprint density at radius 1 is 1.00 bits per heavy atom. The first-order chi connectivity index (χ1) is 11.9. The van der Waals surface area contributed by atoms with Gasteiger partial charge in [0, 0.05) is 0 Å². The highest BCUT2D eigenvalue weighted by Gasteiger charge is 2.31. The lowest BCUT2D eigenvalue weighted by Crippen LogP contribution is -2.19. The fraction of sp³-hybridized carbons (Fsp3) is 0.714. The molecule has 0 radical (unpaired) electrons. The summed E-state index contributed by atoms with van der Waals surface area (Å²) in [5.74, 6) is 1.77. The lowest BCUT2D eigenvalue weighted by molar-refractivity contribution is -0.274. The van der Waals surface area contributed by atoms with E-state index in [1.54, 1.807) is 12.1 Å². The zero-order chi connectivity index (χ0) is 18.3. The molecule has 0 aliphatic heterocycles. The van der Waals surface area contributed by atoms with Gasteiger partial charge in [-0.25, -0.2) is 0 Å². The molecule has 25 heavy (non-hydrogen) atoms. The van der Waals surface area contributed by atoms with Crippen molar-refractivity contribution in [1.82, 2.24) is 0 Å². The molecule has 1 fully saturated rings. The monoisotopic (exact) mass is 356 g/mol. The maximum atomic E-state index is 12.2. The van der Waals surface area contributed by atoms with Gasteiger partial charge in [-0.2, -0.15) is 0 Å². The van der Waals surface area contributed by atoms with Gasteiger partial charge in [0.25, 0.3) is 0 Å². The van der Waals surface area contributed by atoms with Gasteiger partial charge in [0.2, 0.25) is 0 Å². The summed E-state index contributed by atoms with van der Waals surface area (Å²) in [5.41, 5.74) is 1.11. The van der Waals surface area contributed by atoms with Crippen LogP contribution in [0.3, 0.4) is 0 Å². The molecular weight excluding hydrogens is 325 g/mol. The Labute approximate surface area is 150 Å². The average molecular weight is 356 g/mol.